The first kappa shape index (κ1) is 11.9. The maximum absolute atomic E-state index is 11.6. The standard InChI is InChI=1S/C14H16O3/c1-2-10-17-14(13(15)16,12-8-9-12)11-6-4-3-5-7-11/h2-7,12H,1,8-10H2,(H,15,16). The topological polar surface area (TPSA) is 46.5 Å². The number of carboxylic acid groups (broad SMARTS) is 1. The van der Waals surface area contributed by atoms with Crippen LogP contribution < -0.4 is 0 Å². The van der Waals surface area contributed by atoms with Crippen molar-refractivity contribution in [1.29, 1.82) is 0 Å². The van der Waals surface area contributed by atoms with Gasteiger partial charge in [0.05, 0.1) is 6.61 Å². The molecule has 1 unspecified atom stereocenters. The Morgan fingerprint density at radius 2 is 2.12 bits per heavy atom. The van der Waals surface area contributed by atoms with Crippen LogP contribution in [0.4, 0.5) is 0 Å². The van der Waals surface area contributed by atoms with E-state index in [0.29, 0.717) is 0 Å². The summed E-state index contributed by atoms with van der Waals surface area (Å²) in [7, 11) is 0. The zero-order valence-corrected chi connectivity index (χ0v) is 9.63. The van der Waals surface area contributed by atoms with Crippen LogP contribution in [0.1, 0.15) is 18.4 Å². The van der Waals surface area contributed by atoms with E-state index in [-0.39, 0.29) is 12.5 Å². The lowest BCUT2D eigenvalue weighted by atomic mass is 9.88. The molecule has 0 aliphatic heterocycles. The van der Waals surface area contributed by atoms with Crippen molar-refractivity contribution in [2.45, 2.75) is 18.4 Å². The van der Waals surface area contributed by atoms with Gasteiger partial charge >= 0.3 is 5.97 Å². The molecule has 2 rings (SSSR count). The van der Waals surface area contributed by atoms with Crippen molar-refractivity contribution in [3.8, 4) is 0 Å². The van der Waals surface area contributed by atoms with Crippen molar-refractivity contribution in [3.63, 3.8) is 0 Å². The molecule has 1 fully saturated rings. The molecule has 1 aliphatic rings. The molecule has 0 aromatic heterocycles. The molecule has 1 aliphatic carbocycles. The third-order valence-electron chi connectivity index (χ3n) is 3.10. The minimum Gasteiger partial charge on any atom is -0.479 e. The Morgan fingerprint density at radius 1 is 1.47 bits per heavy atom. The lowest BCUT2D eigenvalue weighted by Gasteiger charge is -2.29. The van der Waals surface area contributed by atoms with Gasteiger partial charge in [0.15, 0.2) is 5.60 Å². The van der Waals surface area contributed by atoms with E-state index in [1.165, 1.54) is 0 Å². The summed E-state index contributed by atoms with van der Waals surface area (Å²) in [6.07, 6.45) is 3.39. The van der Waals surface area contributed by atoms with Gasteiger partial charge in [0.2, 0.25) is 0 Å². The summed E-state index contributed by atoms with van der Waals surface area (Å²) in [6.45, 7) is 3.83. The summed E-state index contributed by atoms with van der Waals surface area (Å²) in [5, 5.41) is 9.55. The summed E-state index contributed by atoms with van der Waals surface area (Å²) in [5.41, 5.74) is -0.480. The molecule has 90 valence electrons. The molecule has 1 N–H and O–H groups in total. The zero-order chi connectivity index (χ0) is 12.3. The van der Waals surface area contributed by atoms with Gasteiger partial charge in [-0.1, -0.05) is 36.4 Å². The van der Waals surface area contributed by atoms with E-state index in [0.717, 1.165) is 18.4 Å². The number of aliphatic carboxylic acids is 1. The molecular formula is C14H16O3. The quantitative estimate of drug-likeness (QED) is 0.767. The Balaban J connectivity index is 2.40. The fourth-order valence-corrected chi connectivity index (χ4v) is 2.16. The van der Waals surface area contributed by atoms with Gasteiger partial charge in [-0.2, -0.15) is 0 Å². The molecule has 0 heterocycles. The molecule has 17 heavy (non-hydrogen) atoms. The normalized spacial score (nSPS) is 18.4. The van der Waals surface area contributed by atoms with Crippen molar-refractivity contribution >= 4 is 5.97 Å². The fraction of sp³-hybridized carbons (Fsp3) is 0.357. The first-order valence-electron chi connectivity index (χ1n) is 5.75. The van der Waals surface area contributed by atoms with Crippen LogP contribution in [-0.4, -0.2) is 17.7 Å². The Labute approximate surface area is 101 Å². The molecule has 3 heteroatoms. The van der Waals surface area contributed by atoms with Gasteiger partial charge in [0.1, 0.15) is 0 Å². The van der Waals surface area contributed by atoms with E-state index in [4.69, 9.17) is 4.74 Å². The van der Waals surface area contributed by atoms with Gasteiger partial charge in [-0.3, -0.25) is 0 Å². The monoisotopic (exact) mass is 232 g/mol. The number of ether oxygens (including phenoxy) is 1. The maximum Gasteiger partial charge on any atom is 0.340 e. The van der Waals surface area contributed by atoms with Crippen LogP contribution >= 0.6 is 0 Å². The minimum atomic E-state index is -1.20. The summed E-state index contributed by atoms with van der Waals surface area (Å²) >= 11 is 0. The van der Waals surface area contributed by atoms with E-state index < -0.39 is 11.6 Å². The van der Waals surface area contributed by atoms with Gasteiger partial charge in [-0.05, 0) is 18.4 Å². The van der Waals surface area contributed by atoms with Gasteiger partial charge in [0.25, 0.3) is 0 Å². The number of hydrogen-bond acceptors (Lipinski definition) is 2. The Kier molecular flexibility index (Phi) is 3.29. The molecule has 1 aromatic carbocycles. The number of rotatable bonds is 6. The SMILES string of the molecule is C=CCOC(C(=O)O)(c1ccccc1)C1CC1. The number of carbonyl (C=O) groups is 1. The molecule has 0 radical (unpaired) electrons. The number of hydrogen-bond donors (Lipinski definition) is 1. The first-order chi connectivity index (χ1) is 8.21. The molecule has 0 amide bonds. The van der Waals surface area contributed by atoms with E-state index in [9.17, 15) is 9.90 Å². The van der Waals surface area contributed by atoms with Crippen LogP contribution in [0.25, 0.3) is 0 Å². The molecule has 3 nitrogen and oxygen atoms in total. The predicted molar refractivity (Wildman–Crippen MR) is 64.6 cm³/mol. The zero-order valence-electron chi connectivity index (χ0n) is 9.63. The average Bonchev–Trinajstić information content (AvgIpc) is 3.16. The molecular weight excluding hydrogens is 216 g/mol. The van der Waals surface area contributed by atoms with E-state index >= 15 is 0 Å². The van der Waals surface area contributed by atoms with Crippen LogP contribution in [0.3, 0.4) is 0 Å². The van der Waals surface area contributed by atoms with Gasteiger partial charge in [-0.25, -0.2) is 4.79 Å². The Bertz CT molecular complexity index is 409. The third kappa shape index (κ3) is 2.11. The summed E-state index contributed by atoms with van der Waals surface area (Å²) < 4.78 is 5.63. The van der Waals surface area contributed by atoms with Crippen LogP contribution in [0.15, 0.2) is 43.0 Å². The smallest absolute Gasteiger partial charge is 0.340 e. The van der Waals surface area contributed by atoms with Crippen molar-refractivity contribution < 1.29 is 14.6 Å². The minimum absolute atomic E-state index is 0.0716. The van der Waals surface area contributed by atoms with Gasteiger partial charge in [0, 0.05) is 5.92 Å². The van der Waals surface area contributed by atoms with E-state index in [1.54, 1.807) is 6.08 Å². The highest BCUT2D eigenvalue weighted by molar-refractivity contribution is 5.80. The lowest BCUT2D eigenvalue weighted by Crippen LogP contribution is -2.41. The first-order valence-corrected chi connectivity index (χ1v) is 5.75. The van der Waals surface area contributed by atoms with Crippen molar-refractivity contribution in [2.75, 3.05) is 6.61 Å². The highest BCUT2D eigenvalue weighted by Crippen LogP contribution is 2.48. The van der Waals surface area contributed by atoms with Crippen LogP contribution in [0.2, 0.25) is 0 Å². The van der Waals surface area contributed by atoms with Crippen LogP contribution in [-0.2, 0) is 15.1 Å². The Morgan fingerprint density at radius 3 is 2.59 bits per heavy atom. The number of carboxylic acids is 1. The van der Waals surface area contributed by atoms with Gasteiger partial charge < -0.3 is 9.84 Å². The summed E-state index contributed by atoms with van der Waals surface area (Å²) in [6, 6.07) is 9.18. The fourth-order valence-electron chi connectivity index (χ4n) is 2.16. The number of benzene rings is 1. The second kappa shape index (κ2) is 4.72. The highest BCUT2D eigenvalue weighted by atomic mass is 16.5. The Hall–Kier alpha value is -1.61. The molecule has 0 bridgehead atoms. The van der Waals surface area contributed by atoms with E-state index in [1.807, 2.05) is 30.3 Å². The largest absolute Gasteiger partial charge is 0.479 e. The molecule has 0 saturated heterocycles. The molecule has 0 spiro atoms. The van der Waals surface area contributed by atoms with Crippen molar-refractivity contribution in [3.05, 3.63) is 48.6 Å². The van der Waals surface area contributed by atoms with Crippen molar-refractivity contribution in [2.24, 2.45) is 5.92 Å². The summed E-state index contributed by atoms with van der Waals surface area (Å²) in [5.74, 6) is -0.838. The highest BCUT2D eigenvalue weighted by Gasteiger charge is 2.53. The van der Waals surface area contributed by atoms with E-state index in [2.05, 4.69) is 6.58 Å². The third-order valence-corrected chi connectivity index (χ3v) is 3.10. The predicted octanol–water partition coefficient (Wildman–Crippen LogP) is 2.58. The average molecular weight is 232 g/mol. The summed E-state index contributed by atoms with van der Waals surface area (Å²) in [4.78, 5) is 11.6. The lowest BCUT2D eigenvalue weighted by molar-refractivity contribution is -0.169. The van der Waals surface area contributed by atoms with Crippen LogP contribution in [0.5, 0.6) is 0 Å². The second-order valence-electron chi connectivity index (χ2n) is 4.28. The second-order valence-corrected chi connectivity index (χ2v) is 4.28. The van der Waals surface area contributed by atoms with Crippen molar-refractivity contribution in [1.82, 2.24) is 0 Å². The molecule has 1 saturated carbocycles. The van der Waals surface area contributed by atoms with Gasteiger partial charge in [-0.15, -0.1) is 6.58 Å². The molecule has 1 atom stereocenters. The molecule has 1 aromatic rings. The van der Waals surface area contributed by atoms with Crippen LogP contribution in [0, 0.1) is 5.92 Å². The maximum atomic E-state index is 11.6.